The maximum atomic E-state index is 13.9. The number of carbonyl (C=O) groups is 1. The molecule has 2 aromatic carbocycles. The largest absolute Gasteiger partial charge is 0.489 e. The molecule has 0 amide bonds. The van der Waals surface area contributed by atoms with Gasteiger partial charge >= 0.3 is 5.97 Å². The molecule has 0 spiro atoms. The maximum Gasteiger partial charge on any atom is 0.338 e. The van der Waals surface area contributed by atoms with Gasteiger partial charge in [0.2, 0.25) is 0 Å². The van der Waals surface area contributed by atoms with Crippen LogP contribution in [0, 0.1) is 5.82 Å². The predicted molar refractivity (Wildman–Crippen MR) is 142 cm³/mol. The van der Waals surface area contributed by atoms with Gasteiger partial charge in [-0.2, -0.15) is 0 Å². The van der Waals surface area contributed by atoms with E-state index in [1.807, 2.05) is 29.6 Å². The van der Waals surface area contributed by atoms with Crippen molar-refractivity contribution in [1.82, 2.24) is 4.57 Å². The average Bonchev–Trinajstić information content (AvgIpc) is 3.52. The lowest BCUT2D eigenvalue weighted by atomic mass is 10.0. The molecule has 1 aliphatic rings. The van der Waals surface area contributed by atoms with Crippen molar-refractivity contribution in [2.75, 3.05) is 6.61 Å². The monoisotopic (exact) mass is 534 g/mol. The first-order valence-corrected chi connectivity index (χ1v) is 13.3. The lowest BCUT2D eigenvalue weighted by Crippen LogP contribution is -2.39. The van der Waals surface area contributed by atoms with Crippen molar-refractivity contribution in [3.05, 3.63) is 119 Å². The van der Waals surface area contributed by atoms with Crippen molar-refractivity contribution >= 4 is 34.7 Å². The Balaban J connectivity index is 1.52. The minimum Gasteiger partial charge on any atom is -0.489 e. The SMILES string of the molecule is CCOC(=O)C1=C(C)N=c2s/c(=C\c3cccc(OCc4ccccc4F)c3)c(=O)n2[C@H]1c1cccs1. The molecule has 0 saturated heterocycles. The standard InChI is InChI=1S/C28H23FN2O4S2/c1-3-34-27(33)24-17(2)30-28-31(25(24)22-12-7-13-36-22)26(32)23(37-28)15-18-8-6-10-20(14-18)35-16-19-9-4-5-11-21(19)29/h4-15,25H,3,16H2,1-2H3/b23-15-/t25-/m0/s1. The molecule has 1 aliphatic heterocycles. The second-order valence-corrected chi connectivity index (χ2v) is 10.3. The summed E-state index contributed by atoms with van der Waals surface area (Å²) >= 11 is 2.73. The highest BCUT2D eigenvalue weighted by molar-refractivity contribution is 7.10. The zero-order chi connectivity index (χ0) is 25.9. The number of carbonyl (C=O) groups excluding carboxylic acids is 1. The summed E-state index contributed by atoms with van der Waals surface area (Å²) in [5.74, 6) is -0.240. The van der Waals surface area contributed by atoms with Crippen LogP contribution in [0.15, 0.2) is 87.1 Å². The summed E-state index contributed by atoms with van der Waals surface area (Å²) in [4.78, 5) is 32.5. The third-order valence-corrected chi connectivity index (χ3v) is 7.75. The van der Waals surface area contributed by atoms with Crippen LogP contribution in [0.3, 0.4) is 0 Å². The Morgan fingerprint density at radius 2 is 2.00 bits per heavy atom. The Kier molecular flexibility index (Phi) is 7.16. The van der Waals surface area contributed by atoms with Crippen molar-refractivity contribution in [3.8, 4) is 5.75 Å². The van der Waals surface area contributed by atoms with E-state index in [2.05, 4.69) is 4.99 Å². The van der Waals surface area contributed by atoms with Gasteiger partial charge in [0, 0.05) is 10.4 Å². The summed E-state index contributed by atoms with van der Waals surface area (Å²) < 4.78 is 27.1. The number of ether oxygens (including phenoxy) is 2. The molecule has 0 saturated carbocycles. The molecule has 1 atom stereocenters. The zero-order valence-corrected chi connectivity index (χ0v) is 21.8. The Labute approximate surface area is 220 Å². The summed E-state index contributed by atoms with van der Waals surface area (Å²) in [5, 5.41) is 1.91. The number of halogens is 1. The van der Waals surface area contributed by atoms with E-state index >= 15 is 0 Å². The second kappa shape index (κ2) is 10.7. The van der Waals surface area contributed by atoms with Crippen molar-refractivity contribution in [1.29, 1.82) is 0 Å². The number of esters is 1. The highest BCUT2D eigenvalue weighted by Gasteiger charge is 2.33. The van der Waals surface area contributed by atoms with Crippen LogP contribution in [0.1, 0.15) is 35.9 Å². The van der Waals surface area contributed by atoms with Gasteiger partial charge in [0.25, 0.3) is 5.56 Å². The van der Waals surface area contributed by atoms with Crippen LogP contribution in [-0.2, 0) is 16.1 Å². The van der Waals surface area contributed by atoms with Crippen molar-refractivity contribution < 1.29 is 18.7 Å². The smallest absolute Gasteiger partial charge is 0.338 e. The van der Waals surface area contributed by atoms with Crippen LogP contribution in [0.2, 0.25) is 0 Å². The number of fused-ring (bicyclic) bond motifs is 1. The fourth-order valence-electron chi connectivity index (χ4n) is 4.13. The van der Waals surface area contributed by atoms with E-state index in [0.29, 0.717) is 31.9 Å². The van der Waals surface area contributed by atoms with Crippen molar-refractivity contribution in [2.24, 2.45) is 4.99 Å². The van der Waals surface area contributed by atoms with Gasteiger partial charge < -0.3 is 9.47 Å². The molecule has 3 heterocycles. The lowest BCUT2D eigenvalue weighted by Gasteiger charge is -2.23. The van der Waals surface area contributed by atoms with Gasteiger partial charge in [-0.1, -0.05) is 47.7 Å². The number of allylic oxidation sites excluding steroid dienone is 1. The molecule has 9 heteroatoms. The minimum absolute atomic E-state index is 0.0923. The average molecular weight is 535 g/mol. The summed E-state index contributed by atoms with van der Waals surface area (Å²) in [7, 11) is 0. The number of aromatic nitrogens is 1. The summed E-state index contributed by atoms with van der Waals surface area (Å²) in [6, 6.07) is 16.9. The quantitative estimate of drug-likeness (QED) is 0.326. The topological polar surface area (TPSA) is 69.9 Å². The molecule has 0 unspecified atom stereocenters. The number of thiophene rings is 1. The Hall–Kier alpha value is -3.82. The Bertz CT molecular complexity index is 1670. The van der Waals surface area contributed by atoms with Gasteiger partial charge in [-0.05, 0) is 55.1 Å². The molecule has 0 fully saturated rings. The third kappa shape index (κ3) is 5.05. The number of nitrogens with zero attached hydrogens (tertiary/aromatic N) is 2. The molecule has 188 valence electrons. The van der Waals surface area contributed by atoms with Crippen LogP contribution < -0.4 is 19.6 Å². The van der Waals surface area contributed by atoms with Crippen LogP contribution in [0.25, 0.3) is 6.08 Å². The number of rotatable bonds is 7. The van der Waals surface area contributed by atoms with Crippen LogP contribution in [0.5, 0.6) is 5.75 Å². The van der Waals surface area contributed by atoms with Gasteiger partial charge in [0.1, 0.15) is 24.2 Å². The molecule has 4 aromatic rings. The second-order valence-electron chi connectivity index (χ2n) is 8.27. The van der Waals surface area contributed by atoms with Gasteiger partial charge in [-0.25, -0.2) is 14.2 Å². The van der Waals surface area contributed by atoms with Gasteiger partial charge in [-0.3, -0.25) is 9.36 Å². The first-order valence-electron chi connectivity index (χ1n) is 11.7. The molecule has 0 radical (unpaired) electrons. The van der Waals surface area contributed by atoms with Crippen LogP contribution in [0.4, 0.5) is 4.39 Å². The van der Waals surface area contributed by atoms with E-state index in [1.54, 1.807) is 54.8 Å². The van der Waals surface area contributed by atoms with E-state index in [4.69, 9.17) is 9.47 Å². The summed E-state index contributed by atoms with van der Waals surface area (Å²) in [6.45, 7) is 3.83. The normalized spacial score (nSPS) is 15.3. The zero-order valence-electron chi connectivity index (χ0n) is 20.1. The van der Waals surface area contributed by atoms with E-state index < -0.39 is 12.0 Å². The molecule has 2 aromatic heterocycles. The first kappa shape index (κ1) is 24.9. The number of hydrogen-bond acceptors (Lipinski definition) is 7. The molecule has 0 N–H and O–H groups in total. The summed E-state index contributed by atoms with van der Waals surface area (Å²) in [5.41, 5.74) is 1.88. The van der Waals surface area contributed by atoms with Gasteiger partial charge in [-0.15, -0.1) is 11.3 Å². The molecular weight excluding hydrogens is 511 g/mol. The van der Waals surface area contributed by atoms with Crippen molar-refractivity contribution in [2.45, 2.75) is 26.5 Å². The maximum absolute atomic E-state index is 13.9. The number of benzene rings is 2. The molecule has 5 rings (SSSR count). The van der Waals surface area contributed by atoms with E-state index in [0.717, 1.165) is 10.4 Å². The minimum atomic E-state index is -0.604. The molecular formula is C28H23FN2O4S2. The lowest BCUT2D eigenvalue weighted by molar-refractivity contribution is -0.139. The number of thiazole rings is 1. The predicted octanol–water partition coefficient (Wildman–Crippen LogP) is 4.58. The highest BCUT2D eigenvalue weighted by atomic mass is 32.1. The molecule has 6 nitrogen and oxygen atoms in total. The molecule has 0 bridgehead atoms. The van der Waals surface area contributed by atoms with Crippen molar-refractivity contribution in [3.63, 3.8) is 0 Å². The highest BCUT2D eigenvalue weighted by Crippen LogP contribution is 2.33. The fourth-order valence-corrected chi connectivity index (χ4v) is 6.00. The van der Waals surface area contributed by atoms with E-state index in [-0.39, 0.29) is 24.6 Å². The third-order valence-electron chi connectivity index (χ3n) is 5.84. The molecule has 37 heavy (non-hydrogen) atoms. The Morgan fingerprint density at radius 3 is 2.76 bits per heavy atom. The van der Waals surface area contributed by atoms with E-state index in [9.17, 15) is 14.0 Å². The van der Waals surface area contributed by atoms with E-state index in [1.165, 1.54) is 28.7 Å². The number of hydrogen-bond donors (Lipinski definition) is 0. The van der Waals surface area contributed by atoms with Crippen LogP contribution in [-0.4, -0.2) is 17.1 Å². The Morgan fingerprint density at radius 1 is 1.16 bits per heavy atom. The van der Waals surface area contributed by atoms with Gasteiger partial charge in [0.05, 0.1) is 22.4 Å². The van der Waals surface area contributed by atoms with Gasteiger partial charge in [0.15, 0.2) is 4.80 Å². The fraction of sp³-hybridized carbons (Fsp3) is 0.179. The van der Waals surface area contributed by atoms with Crippen LogP contribution >= 0.6 is 22.7 Å². The first-order chi connectivity index (χ1) is 18.0. The summed E-state index contributed by atoms with van der Waals surface area (Å²) in [6.07, 6.45) is 1.77. The molecule has 0 aliphatic carbocycles.